The summed E-state index contributed by atoms with van der Waals surface area (Å²) in [7, 11) is 0. The van der Waals surface area contributed by atoms with Gasteiger partial charge in [-0.15, -0.1) is 10.2 Å². The van der Waals surface area contributed by atoms with Crippen LogP contribution in [0.1, 0.15) is 23.2 Å². The Morgan fingerprint density at radius 1 is 1.06 bits per heavy atom. The summed E-state index contributed by atoms with van der Waals surface area (Å²) in [6.45, 7) is 0.185. The molecule has 9 nitrogen and oxygen atoms in total. The van der Waals surface area contributed by atoms with E-state index >= 15 is 0 Å². The molecule has 31 heavy (non-hydrogen) atoms. The maximum Gasteiger partial charge on any atom is 0.277 e. The number of fused-ring (bicyclic) bond motifs is 1. The highest BCUT2D eigenvalue weighted by atomic mass is 32.2. The highest BCUT2D eigenvalue weighted by Gasteiger charge is 2.25. The number of para-hydroxylation sites is 1. The second kappa shape index (κ2) is 8.31. The van der Waals surface area contributed by atoms with Crippen molar-refractivity contribution in [1.82, 2.24) is 15.5 Å². The second-order valence-electron chi connectivity index (χ2n) is 7.07. The van der Waals surface area contributed by atoms with Gasteiger partial charge in [0.25, 0.3) is 11.1 Å². The summed E-state index contributed by atoms with van der Waals surface area (Å²) in [5.74, 6) is 1.20. The van der Waals surface area contributed by atoms with Crippen LogP contribution in [0.15, 0.2) is 52.1 Å². The third-order valence-corrected chi connectivity index (χ3v) is 5.53. The summed E-state index contributed by atoms with van der Waals surface area (Å²) in [6.07, 6.45) is 1.99. The van der Waals surface area contributed by atoms with Crippen LogP contribution in [-0.2, 0) is 4.79 Å². The summed E-state index contributed by atoms with van der Waals surface area (Å²) in [6, 6.07) is 12.5. The molecule has 1 aromatic heterocycles. The monoisotopic (exact) mass is 438 g/mol. The molecule has 158 valence electrons. The predicted molar refractivity (Wildman–Crippen MR) is 112 cm³/mol. The summed E-state index contributed by atoms with van der Waals surface area (Å²) < 4.78 is 16.3. The van der Waals surface area contributed by atoms with Crippen LogP contribution in [0.2, 0.25) is 0 Å². The number of hydrogen-bond acceptors (Lipinski definition) is 8. The van der Waals surface area contributed by atoms with Crippen molar-refractivity contribution in [3.63, 3.8) is 0 Å². The zero-order valence-corrected chi connectivity index (χ0v) is 17.1. The van der Waals surface area contributed by atoms with E-state index in [0.29, 0.717) is 34.2 Å². The highest BCUT2D eigenvalue weighted by Crippen LogP contribution is 2.36. The molecule has 2 aliphatic rings. The Morgan fingerprint density at radius 3 is 2.77 bits per heavy atom. The van der Waals surface area contributed by atoms with Gasteiger partial charge in [0.2, 0.25) is 18.6 Å². The van der Waals surface area contributed by atoms with Crippen LogP contribution in [0.4, 0.5) is 5.69 Å². The largest absolute Gasteiger partial charge is 0.454 e. The normalized spacial score (nSPS) is 14.3. The van der Waals surface area contributed by atoms with Gasteiger partial charge in [-0.2, -0.15) is 0 Å². The molecule has 0 atom stereocenters. The average Bonchev–Trinajstić information content (AvgIpc) is 3.26. The first-order valence-corrected chi connectivity index (χ1v) is 10.7. The lowest BCUT2D eigenvalue weighted by Gasteiger charge is -2.10. The van der Waals surface area contributed by atoms with E-state index in [-0.39, 0.29) is 35.6 Å². The maximum atomic E-state index is 12.4. The molecule has 1 aliphatic heterocycles. The van der Waals surface area contributed by atoms with E-state index in [1.807, 2.05) is 0 Å². The lowest BCUT2D eigenvalue weighted by Crippen LogP contribution is -2.27. The molecule has 0 bridgehead atoms. The summed E-state index contributed by atoms with van der Waals surface area (Å²) >= 11 is 1.11. The molecule has 0 spiro atoms. The fraction of sp³-hybridized carbons (Fsp3) is 0.238. The summed E-state index contributed by atoms with van der Waals surface area (Å²) in [5.41, 5.74) is 1.61. The van der Waals surface area contributed by atoms with Crippen LogP contribution in [0.25, 0.3) is 11.5 Å². The first-order valence-electron chi connectivity index (χ1n) is 9.72. The number of aromatic nitrogens is 2. The second-order valence-corrected chi connectivity index (χ2v) is 8.00. The molecule has 5 rings (SSSR count). The molecule has 1 aliphatic carbocycles. The minimum absolute atomic E-state index is 0.0569. The summed E-state index contributed by atoms with van der Waals surface area (Å²) in [4.78, 5) is 24.8. The molecule has 0 radical (unpaired) electrons. The molecule has 0 unspecified atom stereocenters. The molecule has 2 amide bonds. The van der Waals surface area contributed by atoms with Crippen LogP contribution in [0.3, 0.4) is 0 Å². The lowest BCUT2D eigenvalue weighted by molar-refractivity contribution is -0.113. The Kier molecular flexibility index (Phi) is 5.21. The number of amides is 2. The zero-order chi connectivity index (χ0) is 21.2. The van der Waals surface area contributed by atoms with E-state index in [2.05, 4.69) is 20.8 Å². The van der Waals surface area contributed by atoms with Gasteiger partial charge in [0.1, 0.15) is 0 Å². The van der Waals surface area contributed by atoms with Gasteiger partial charge in [0.05, 0.1) is 17.0 Å². The van der Waals surface area contributed by atoms with E-state index in [1.165, 1.54) is 0 Å². The van der Waals surface area contributed by atoms with Crippen molar-refractivity contribution in [2.24, 2.45) is 0 Å². The molecule has 2 N–H and O–H groups in total. The zero-order valence-electron chi connectivity index (χ0n) is 16.3. The Balaban J connectivity index is 1.20. The van der Waals surface area contributed by atoms with Crippen molar-refractivity contribution in [2.45, 2.75) is 24.1 Å². The van der Waals surface area contributed by atoms with E-state index in [4.69, 9.17) is 13.9 Å². The number of anilines is 1. The molecule has 2 heterocycles. The first kappa shape index (κ1) is 19.4. The molecule has 10 heteroatoms. The summed E-state index contributed by atoms with van der Waals surface area (Å²) in [5, 5.41) is 14.0. The van der Waals surface area contributed by atoms with Crippen LogP contribution in [0.5, 0.6) is 11.5 Å². The number of hydrogen-bond donors (Lipinski definition) is 2. The van der Waals surface area contributed by atoms with Crippen molar-refractivity contribution >= 4 is 29.3 Å². The lowest BCUT2D eigenvalue weighted by atomic mass is 10.1. The molecule has 2 aromatic carbocycles. The number of benzene rings is 2. The van der Waals surface area contributed by atoms with Crippen molar-refractivity contribution in [3.05, 3.63) is 48.0 Å². The van der Waals surface area contributed by atoms with Crippen LogP contribution in [0, 0.1) is 0 Å². The van der Waals surface area contributed by atoms with Gasteiger partial charge in [-0.25, -0.2) is 0 Å². The third kappa shape index (κ3) is 4.48. The molecular formula is C21H18N4O5S. The molecule has 0 saturated heterocycles. The van der Waals surface area contributed by atoms with E-state index in [1.54, 1.807) is 42.5 Å². The van der Waals surface area contributed by atoms with Gasteiger partial charge < -0.3 is 24.5 Å². The number of nitrogens with zero attached hydrogens (tertiary/aromatic N) is 2. The van der Waals surface area contributed by atoms with Gasteiger partial charge >= 0.3 is 0 Å². The molecule has 1 fully saturated rings. The Morgan fingerprint density at radius 2 is 1.90 bits per heavy atom. The third-order valence-electron chi connectivity index (χ3n) is 4.71. The van der Waals surface area contributed by atoms with E-state index < -0.39 is 0 Å². The van der Waals surface area contributed by atoms with Crippen LogP contribution < -0.4 is 20.1 Å². The minimum Gasteiger partial charge on any atom is -0.454 e. The number of carbonyl (C=O) groups excluding carboxylic acids is 2. The molecular weight excluding hydrogens is 420 g/mol. The SMILES string of the molecule is O=C(CSc1nnc(-c2ccc3c(c2)OCO3)o1)Nc1ccccc1C(=O)NC1CC1. The van der Waals surface area contributed by atoms with Crippen molar-refractivity contribution in [1.29, 1.82) is 0 Å². The maximum absolute atomic E-state index is 12.4. The Hall–Kier alpha value is -3.53. The standard InChI is InChI=1S/C21H18N4O5S/c26-18(23-15-4-2-1-3-14(15)19(27)22-13-6-7-13)10-31-21-25-24-20(30-21)12-5-8-16-17(9-12)29-11-28-16/h1-5,8-9,13H,6-7,10-11H2,(H,22,27)(H,23,26). The van der Waals surface area contributed by atoms with Crippen molar-refractivity contribution in [2.75, 3.05) is 17.9 Å². The number of nitrogens with one attached hydrogen (secondary N) is 2. The Labute approximate surface area is 181 Å². The number of carbonyl (C=O) groups is 2. The van der Waals surface area contributed by atoms with E-state index in [9.17, 15) is 9.59 Å². The van der Waals surface area contributed by atoms with Gasteiger partial charge in [0.15, 0.2) is 11.5 Å². The van der Waals surface area contributed by atoms with E-state index in [0.717, 1.165) is 24.6 Å². The van der Waals surface area contributed by atoms with Gasteiger partial charge in [0, 0.05) is 11.6 Å². The predicted octanol–water partition coefficient (Wildman–Crippen LogP) is 3.09. The average molecular weight is 438 g/mol. The smallest absolute Gasteiger partial charge is 0.277 e. The first-order chi connectivity index (χ1) is 15.2. The number of thioether (sulfide) groups is 1. The van der Waals surface area contributed by atoms with Gasteiger partial charge in [-0.1, -0.05) is 23.9 Å². The topological polar surface area (TPSA) is 116 Å². The highest BCUT2D eigenvalue weighted by molar-refractivity contribution is 7.99. The minimum atomic E-state index is -0.278. The quantitative estimate of drug-likeness (QED) is 0.541. The van der Waals surface area contributed by atoms with Gasteiger partial charge in [-0.3, -0.25) is 9.59 Å². The van der Waals surface area contributed by atoms with Crippen LogP contribution >= 0.6 is 11.8 Å². The number of rotatable bonds is 7. The van der Waals surface area contributed by atoms with Crippen molar-refractivity contribution < 1.29 is 23.5 Å². The van der Waals surface area contributed by atoms with Crippen LogP contribution in [-0.4, -0.2) is 40.6 Å². The van der Waals surface area contributed by atoms with Gasteiger partial charge in [-0.05, 0) is 43.2 Å². The molecule has 1 saturated carbocycles. The van der Waals surface area contributed by atoms with Crippen molar-refractivity contribution in [3.8, 4) is 23.0 Å². The molecule has 3 aromatic rings. The fourth-order valence-electron chi connectivity index (χ4n) is 3.01. The Bertz CT molecular complexity index is 1140. The number of ether oxygens (including phenoxy) is 2. The fourth-order valence-corrected chi connectivity index (χ4v) is 3.57.